The van der Waals surface area contributed by atoms with Crippen molar-refractivity contribution in [2.24, 2.45) is 11.3 Å². The van der Waals surface area contributed by atoms with Crippen molar-refractivity contribution in [1.29, 1.82) is 0 Å². The third-order valence-corrected chi connectivity index (χ3v) is 6.65. The van der Waals surface area contributed by atoms with Crippen molar-refractivity contribution in [2.75, 3.05) is 40.1 Å². The van der Waals surface area contributed by atoms with Crippen LogP contribution >= 0.6 is 0 Å². The molecule has 0 spiro atoms. The number of methoxy groups -OCH3 is 1. The number of hydrogen-bond donors (Lipinski definition) is 1. The van der Waals surface area contributed by atoms with Gasteiger partial charge in [-0.25, -0.2) is 0 Å². The van der Waals surface area contributed by atoms with Gasteiger partial charge in [0, 0.05) is 31.9 Å². The van der Waals surface area contributed by atoms with E-state index in [1.54, 1.807) is 7.11 Å². The highest BCUT2D eigenvalue weighted by atomic mass is 16.5. The fourth-order valence-electron chi connectivity index (χ4n) is 4.72. The van der Waals surface area contributed by atoms with Gasteiger partial charge in [0.1, 0.15) is 5.75 Å². The molecular formula is C26H33NO4. The number of rotatable bonds is 7. The maximum atomic E-state index is 13.3. The molecule has 1 amide bonds. The second-order valence-electron chi connectivity index (χ2n) is 8.76. The van der Waals surface area contributed by atoms with Gasteiger partial charge in [-0.15, -0.1) is 0 Å². The van der Waals surface area contributed by atoms with Gasteiger partial charge in [-0.1, -0.05) is 42.5 Å². The second kappa shape index (κ2) is 10.3. The minimum Gasteiger partial charge on any atom is -0.496 e. The van der Waals surface area contributed by atoms with Crippen LogP contribution in [-0.2, 0) is 20.7 Å². The number of para-hydroxylation sites is 1. The van der Waals surface area contributed by atoms with E-state index in [0.29, 0.717) is 25.7 Å². The standard InChI is InChI=1S/C26H33NO4/c1-29-24-7-3-2-6-23(24)22-10-8-20(9-11-22)17-26(12-15-30-16-13-26)25(28)27-18-21-5-4-14-31-19-21/h2-3,6-11,21H,4-5,12-19H2,1H3,(H,27,28)/t21-/m0/s1. The molecule has 1 N–H and O–H groups in total. The van der Waals surface area contributed by atoms with Gasteiger partial charge >= 0.3 is 0 Å². The number of carbonyl (C=O) groups excluding carboxylic acids is 1. The monoisotopic (exact) mass is 423 g/mol. The highest BCUT2D eigenvalue weighted by Gasteiger charge is 2.40. The summed E-state index contributed by atoms with van der Waals surface area (Å²) in [5, 5.41) is 3.24. The summed E-state index contributed by atoms with van der Waals surface area (Å²) >= 11 is 0. The minimum atomic E-state index is -0.403. The van der Waals surface area contributed by atoms with Crippen LogP contribution in [0.25, 0.3) is 11.1 Å². The van der Waals surface area contributed by atoms with Crippen LogP contribution < -0.4 is 10.1 Å². The van der Waals surface area contributed by atoms with Crippen molar-refractivity contribution >= 4 is 5.91 Å². The summed E-state index contributed by atoms with van der Waals surface area (Å²) in [6.45, 7) is 3.57. The molecule has 5 heteroatoms. The average Bonchev–Trinajstić information content (AvgIpc) is 2.84. The molecule has 0 aromatic heterocycles. The van der Waals surface area contributed by atoms with Crippen molar-refractivity contribution in [3.8, 4) is 16.9 Å². The molecule has 2 aliphatic rings. The Morgan fingerprint density at radius 3 is 2.55 bits per heavy atom. The van der Waals surface area contributed by atoms with Gasteiger partial charge < -0.3 is 19.5 Å². The molecule has 0 saturated carbocycles. The summed E-state index contributed by atoms with van der Waals surface area (Å²) in [5.41, 5.74) is 2.96. The Hall–Kier alpha value is -2.37. The molecule has 0 bridgehead atoms. The Labute approximate surface area is 185 Å². The SMILES string of the molecule is COc1ccccc1-c1ccc(CC2(C(=O)NC[C@@H]3CCCOC3)CCOCC2)cc1. The lowest BCUT2D eigenvalue weighted by molar-refractivity contribution is -0.137. The first-order valence-electron chi connectivity index (χ1n) is 11.4. The van der Waals surface area contributed by atoms with E-state index in [1.807, 2.05) is 18.2 Å². The highest BCUT2D eigenvalue weighted by molar-refractivity contribution is 5.83. The lowest BCUT2D eigenvalue weighted by Gasteiger charge is -2.36. The third kappa shape index (κ3) is 5.28. The normalized spacial score (nSPS) is 20.7. The van der Waals surface area contributed by atoms with Gasteiger partial charge in [0.05, 0.1) is 19.1 Å². The molecule has 2 saturated heterocycles. The zero-order valence-corrected chi connectivity index (χ0v) is 18.4. The topological polar surface area (TPSA) is 56.8 Å². The summed E-state index contributed by atoms with van der Waals surface area (Å²) in [5.74, 6) is 1.45. The van der Waals surface area contributed by atoms with Gasteiger partial charge in [0.2, 0.25) is 5.91 Å². The number of hydrogen-bond acceptors (Lipinski definition) is 4. The van der Waals surface area contributed by atoms with Crippen molar-refractivity contribution in [1.82, 2.24) is 5.32 Å². The van der Waals surface area contributed by atoms with Crippen LogP contribution in [0.15, 0.2) is 48.5 Å². The van der Waals surface area contributed by atoms with E-state index in [4.69, 9.17) is 14.2 Å². The van der Waals surface area contributed by atoms with Crippen molar-refractivity contribution < 1.29 is 19.0 Å². The average molecular weight is 424 g/mol. The molecule has 0 unspecified atom stereocenters. The number of nitrogens with one attached hydrogen (secondary N) is 1. The van der Waals surface area contributed by atoms with Crippen LogP contribution in [0.4, 0.5) is 0 Å². The van der Waals surface area contributed by atoms with Crippen molar-refractivity contribution in [3.63, 3.8) is 0 Å². The van der Waals surface area contributed by atoms with Gasteiger partial charge in [-0.3, -0.25) is 4.79 Å². The first kappa shape index (κ1) is 21.8. The van der Waals surface area contributed by atoms with Crippen LogP contribution in [-0.4, -0.2) is 46.0 Å². The minimum absolute atomic E-state index is 0.162. The first-order chi connectivity index (χ1) is 15.2. The van der Waals surface area contributed by atoms with Crippen LogP contribution in [0.5, 0.6) is 5.75 Å². The van der Waals surface area contributed by atoms with Crippen molar-refractivity contribution in [2.45, 2.75) is 32.1 Å². The summed E-state index contributed by atoms with van der Waals surface area (Å²) in [7, 11) is 1.69. The summed E-state index contributed by atoms with van der Waals surface area (Å²) in [6.07, 6.45) is 4.46. The Morgan fingerprint density at radius 2 is 1.84 bits per heavy atom. The van der Waals surface area contributed by atoms with E-state index in [0.717, 1.165) is 62.2 Å². The van der Waals surface area contributed by atoms with Crippen LogP contribution in [0.1, 0.15) is 31.2 Å². The number of benzene rings is 2. The van der Waals surface area contributed by atoms with Crippen LogP contribution in [0, 0.1) is 11.3 Å². The lowest BCUT2D eigenvalue weighted by atomic mass is 9.74. The molecule has 2 aromatic carbocycles. The Kier molecular flexibility index (Phi) is 7.25. The zero-order chi connectivity index (χ0) is 21.5. The highest BCUT2D eigenvalue weighted by Crippen LogP contribution is 2.36. The number of carbonyl (C=O) groups is 1. The van der Waals surface area contributed by atoms with Gasteiger partial charge in [0.15, 0.2) is 0 Å². The molecule has 2 aliphatic heterocycles. The molecule has 31 heavy (non-hydrogen) atoms. The smallest absolute Gasteiger partial charge is 0.226 e. The molecule has 5 nitrogen and oxygen atoms in total. The van der Waals surface area contributed by atoms with E-state index in [2.05, 4.69) is 35.6 Å². The van der Waals surface area contributed by atoms with Crippen LogP contribution in [0.3, 0.4) is 0 Å². The summed E-state index contributed by atoms with van der Waals surface area (Å²) < 4.78 is 16.7. The van der Waals surface area contributed by atoms with E-state index in [9.17, 15) is 4.79 Å². The fourth-order valence-corrected chi connectivity index (χ4v) is 4.72. The molecule has 0 radical (unpaired) electrons. The summed E-state index contributed by atoms with van der Waals surface area (Å²) in [6, 6.07) is 16.6. The molecule has 166 valence electrons. The predicted octanol–water partition coefficient (Wildman–Crippen LogP) is 4.24. The molecule has 1 atom stereocenters. The number of amides is 1. The van der Waals surface area contributed by atoms with Crippen LogP contribution in [0.2, 0.25) is 0 Å². The van der Waals surface area contributed by atoms with Gasteiger partial charge in [-0.05, 0) is 55.2 Å². The maximum Gasteiger partial charge on any atom is 0.226 e. The molecule has 2 fully saturated rings. The maximum absolute atomic E-state index is 13.3. The molecule has 2 aromatic rings. The molecular weight excluding hydrogens is 390 g/mol. The summed E-state index contributed by atoms with van der Waals surface area (Å²) in [4.78, 5) is 13.3. The first-order valence-corrected chi connectivity index (χ1v) is 11.4. The third-order valence-electron chi connectivity index (χ3n) is 6.65. The fraction of sp³-hybridized carbons (Fsp3) is 0.500. The largest absolute Gasteiger partial charge is 0.496 e. The van der Waals surface area contributed by atoms with E-state index < -0.39 is 5.41 Å². The molecule has 2 heterocycles. The zero-order valence-electron chi connectivity index (χ0n) is 18.4. The molecule has 0 aliphatic carbocycles. The van der Waals surface area contributed by atoms with Crippen molar-refractivity contribution in [3.05, 3.63) is 54.1 Å². The molecule has 4 rings (SSSR count). The Balaban J connectivity index is 1.46. The lowest BCUT2D eigenvalue weighted by Crippen LogP contribution is -2.47. The predicted molar refractivity (Wildman–Crippen MR) is 121 cm³/mol. The Morgan fingerprint density at radius 1 is 1.06 bits per heavy atom. The van der Waals surface area contributed by atoms with E-state index in [1.165, 1.54) is 5.56 Å². The quantitative estimate of drug-likeness (QED) is 0.724. The van der Waals surface area contributed by atoms with Gasteiger partial charge in [0.25, 0.3) is 0 Å². The second-order valence-corrected chi connectivity index (χ2v) is 8.76. The van der Waals surface area contributed by atoms with Gasteiger partial charge in [-0.2, -0.15) is 0 Å². The number of ether oxygens (including phenoxy) is 3. The van der Waals surface area contributed by atoms with E-state index in [-0.39, 0.29) is 5.91 Å². The van der Waals surface area contributed by atoms with E-state index >= 15 is 0 Å². The Bertz CT molecular complexity index is 852.